The summed E-state index contributed by atoms with van der Waals surface area (Å²) in [6, 6.07) is 0. The molecule has 0 aromatic heterocycles. The Hall–Kier alpha value is -1.85. The molecule has 0 saturated heterocycles. The minimum atomic E-state index is -0.674. The van der Waals surface area contributed by atoms with Crippen molar-refractivity contribution in [3.05, 3.63) is 11.8 Å². The zero-order valence-electron chi connectivity index (χ0n) is 11.5. The van der Waals surface area contributed by atoms with Crippen LogP contribution in [0, 0.1) is 0 Å². The first-order valence-electron chi connectivity index (χ1n) is 5.68. The van der Waals surface area contributed by atoms with Crippen LogP contribution in [-0.4, -0.2) is 50.0 Å². The molecule has 102 valence electrons. The zero-order valence-corrected chi connectivity index (χ0v) is 11.5. The molecule has 0 N–H and O–H groups in total. The van der Waals surface area contributed by atoms with Crippen LogP contribution < -0.4 is 0 Å². The summed E-state index contributed by atoms with van der Waals surface area (Å²) in [6.07, 6.45) is 1.01. The van der Waals surface area contributed by atoms with Crippen molar-refractivity contribution in [1.29, 1.82) is 0 Å². The van der Waals surface area contributed by atoms with Crippen LogP contribution in [-0.2, 0) is 19.1 Å². The lowest BCUT2D eigenvalue weighted by Gasteiger charge is -2.20. The first-order valence-corrected chi connectivity index (χ1v) is 5.68. The normalized spacial score (nSPS) is 12.1. The van der Waals surface area contributed by atoms with Gasteiger partial charge < -0.3 is 14.4 Å². The van der Waals surface area contributed by atoms with Gasteiger partial charge in [0.05, 0.1) is 20.3 Å². The van der Waals surface area contributed by atoms with Crippen molar-refractivity contribution in [1.82, 2.24) is 4.90 Å². The molecule has 0 amide bonds. The molecule has 0 aliphatic rings. The van der Waals surface area contributed by atoms with Crippen LogP contribution in [0.3, 0.4) is 0 Å². The molecule has 18 heavy (non-hydrogen) atoms. The maximum atomic E-state index is 11.5. The van der Waals surface area contributed by atoms with Crippen molar-refractivity contribution in [3.8, 4) is 0 Å². The van der Waals surface area contributed by atoms with Crippen LogP contribution in [0.25, 0.3) is 0 Å². The molecule has 0 aromatic carbocycles. The second-order valence-corrected chi connectivity index (χ2v) is 3.38. The third-order valence-electron chi connectivity index (χ3n) is 2.35. The average molecular weight is 256 g/mol. The Labute approximate surface area is 107 Å². The Morgan fingerprint density at radius 2 is 1.72 bits per heavy atom. The van der Waals surface area contributed by atoms with Crippen LogP contribution >= 0.6 is 0 Å². The standard InChI is InChI=1S/C12H20N2O4/c1-6-14(7-2)9(3)13-10(12(16)18-5)8-11(15)17-4/h8H,6-7H2,1-5H3/b10-8+,13-9?. The first kappa shape index (κ1) is 16.1. The summed E-state index contributed by atoms with van der Waals surface area (Å²) in [4.78, 5) is 28.7. The zero-order chi connectivity index (χ0) is 14.1. The minimum Gasteiger partial charge on any atom is -0.466 e. The second-order valence-electron chi connectivity index (χ2n) is 3.38. The summed E-state index contributed by atoms with van der Waals surface area (Å²) in [7, 11) is 2.46. The molecule has 6 heteroatoms. The van der Waals surface area contributed by atoms with Gasteiger partial charge in [0.1, 0.15) is 5.84 Å². The first-order chi connectivity index (χ1) is 8.49. The molecule has 0 saturated carbocycles. The highest BCUT2D eigenvalue weighted by molar-refractivity contribution is 5.98. The number of nitrogens with zero attached hydrogens (tertiary/aromatic N) is 2. The number of methoxy groups -OCH3 is 2. The fraction of sp³-hybridized carbons (Fsp3) is 0.583. The van der Waals surface area contributed by atoms with E-state index in [4.69, 9.17) is 0 Å². The average Bonchev–Trinajstić information content (AvgIpc) is 2.38. The second kappa shape index (κ2) is 8.27. The van der Waals surface area contributed by atoms with E-state index in [1.807, 2.05) is 18.7 Å². The number of carbonyl (C=O) groups excluding carboxylic acids is 2. The third kappa shape index (κ3) is 4.99. The highest BCUT2D eigenvalue weighted by Gasteiger charge is 2.13. The number of carbonyl (C=O) groups is 2. The molecule has 0 spiro atoms. The third-order valence-corrected chi connectivity index (χ3v) is 2.35. The summed E-state index contributed by atoms with van der Waals surface area (Å²) in [5.74, 6) is -0.682. The Morgan fingerprint density at radius 3 is 2.11 bits per heavy atom. The van der Waals surface area contributed by atoms with Gasteiger partial charge in [0.15, 0.2) is 5.70 Å². The number of hydrogen-bond donors (Lipinski definition) is 0. The minimum absolute atomic E-state index is 0.0752. The van der Waals surface area contributed by atoms with Crippen molar-refractivity contribution in [2.24, 2.45) is 4.99 Å². The molecule has 0 atom stereocenters. The Kier molecular flexibility index (Phi) is 7.42. The molecule has 6 nitrogen and oxygen atoms in total. The molecular formula is C12H20N2O4. The van der Waals surface area contributed by atoms with Crippen molar-refractivity contribution in [3.63, 3.8) is 0 Å². The fourth-order valence-electron chi connectivity index (χ4n) is 1.34. The highest BCUT2D eigenvalue weighted by atomic mass is 16.5. The van der Waals surface area contributed by atoms with E-state index in [-0.39, 0.29) is 5.70 Å². The summed E-state index contributed by atoms with van der Waals surface area (Å²) >= 11 is 0. The summed E-state index contributed by atoms with van der Waals surface area (Å²) < 4.78 is 9.03. The van der Waals surface area contributed by atoms with Gasteiger partial charge in [-0.25, -0.2) is 14.6 Å². The van der Waals surface area contributed by atoms with E-state index in [2.05, 4.69) is 14.5 Å². The molecule has 0 aliphatic carbocycles. The van der Waals surface area contributed by atoms with Crippen LogP contribution in [0.4, 0.5) is 0 Å². The smallest absolute Gasteiger partial charge is 0.356 e. The summed E-state index contributed by atoms with van der Waals surface area (Å²) in [6.45, 7) is 7.24. The van der Waals surface area contributed by atoms with Crippen LogP contribution in [0.1, 0.15) is 20.8 Å². The van der Waals surface area contributed by atoms with E-state index in [1.165, 1.54) is 14.2 Å². The van der Waals surface area contributed by atoms with Gasteiger partial charge in [0, 0.05) is 13.1 Å². The number of aliphatic imine (C=N–C) groups is 1. The SMILES string of the molecule is CCN(CC)C(C)=N/C(=C/C(=O)OC)C(=O)OC. The van der Waals surface area contributed by atoms with Crippen molar-refractivity contribution in [2.45, 2.75) is 20.8 Å². The highest BCUT2D eigenvalue weighted by Crippen LogP contribution is 2.04. The number of ether oxygens (including phenoxy) is 2. The van der Waals surface area contributed by atoms with Gasteiger partial charge in [-0.15, -0.1) is 0 Å². The van der Waals surface area contributed by atoms with Crippen molar-refractivity contribution >= 4 is 17.8 Å². The molecule has 0 unspecified atom stereocenters. The van der Waals surface area contributed by atoms with Gasteiger partial charge in [-0.05, 0) is 20.8 Å². The lowest BCUT2D eigenvalue weighted by Crippen LogP contribution is -2.28. The largest absolute Gasteiger partial charge is 0.466 e. The van der Waals surface area contributed by atoms with Crippen molar-refractivity contribution in [2.75, 3.05) is 27.3 Å². The lowest BCUT2D eigenvalue weighted by molar-refractivity contribution is -0.138. The predicted octanol–water partition coefficient (Wildman–Crippen LogP) is 0.976. The Morgan fingerprint density at radius 1 is 1.17 bits per heavy atom. The molecular weight excluding hydrogens is 236 g/mol. The quantitative estimate of drug-likeness (QED) is 0.317. The van der Waals surface area contributed by atoms with Crippen molar-refractivity contribution < 1.29 is 19.1 Å². The van der Waals surface area contributed by atoms with E-state index < -0.39 is 11.9 Å². The number of amidine groups is 1. The van der Waals surface area contributed by atoms with Crippen LogP contribution in [0.15, 0.2) is 16.8 Å². The predicted molar refractivity (Wildman–Crippen MR) is 68.1 cm³/mol. The van der Waals surface area contributed by atoms with E-state index in [0.29, 0.717) is 5.84 Å². The molecule has 0 radical (unpaired) electrons. The number of esters is 2. The molecule has 0 rings (SSSR count). The van der Waals surface area contributed by atoms with Gasteiger partial charge in [0.25, 0.3) is 0 Å². The molecule has 0 fully saturated rings. The van der Waals surface area contributed by atoms with E-state index in [0.717, 1.165) is 19.2 Å². The molecule has 0 aliphatic heterocycles. The maximum Gasteiger partial charge on any atom is 0.356 e. The van der Waals surface area contributed by atoms with E-state index >= 15 is 0 Å². The monoisotopic (exact) mass is 256 g/mol. The summed E-state index contributed by atoms with van der Waals surface area (Å²) in [5.41, 5.74) is -0.0752. The van der Waals surface area contributed by atoms with Gasteiger partial charge in [-0.1, -0.05) is 0 Å². The van der Waals surface area contributed by atoms with Gasteiger partial charge in [0.2, 0.25) is 0 Å². The number of rotatable bonds is 5. The summed E-state index contributed by atoms with van der Waals surface area (Å²) in [5, 5.41) is 0. The van der Waals surface area contributed by atoms with Gasteiger partial charge in [-0.2, -0.15) is 0 Å². The van der Waals surface area contributed by atoms with Gasteiger partial charge in [-0.3, -0.25) is 0 Å². The lowest BCUT2D eigenvalue weighted by atomic mass is 10.4. The number of hydrogen-bond acceptors (Lipinski definition) is 5. The molecule has 0 bridgehead atoms. The van der Waals surface area contributed by atoms with Crippen LogP contribution in [0.2, 0.25) is 0 Å². The van der Waals surface area contributed by atoms with E-state index in [1.54, 1.807) is 6.92 Å². The topological polar surface area (TPSA) is 68.2 Å². The molecule has 0 aromatic rings. The molecule has 0 heterocycles. The van der Waals surface area contributed by atoms with Crippen LogP contribution in [0.5, 0.6) is 0 Å². The fourth-order valence-corrected chi connectivity index (χ4v) is 1.34. The Bertz CT molecular complexity index is 357. The van der Waals surface area contributed by atoms with E-state index in [9.17, 15) is 9.59 Å². The maximum absolute atomic E-state index is 11.5. The Balaban J connectivity index is 5.23. The van der Waals surface area contributed by atoms with Gasteiger partial charge >= 0.3 is 11.9 Å².